The van der Waals surface area contributed by atoms with Crippen LogP contribution in [0.4, 0.5) is 0 Å². The summed E-state index contributed by atoms with van der Waals surface area (Å²) < 4.78 is 0. The van der Waals surface area contributed by atoms with Gasteiger partial charge < -0.3 is 37.4 Å². The first kappa shape index (κ1) is 22.7. The first-order chi connectivity index (χ1) is 6.47. The number of hydrogen-bond acceptors (Lipinski definition) is 3. The Bertz CT molecular complexity index is 153. The molecule has 10 heteroatoms. The second kappa shape index (κ2) is 44.0. The normalized spacial score (nSPS) is 5.07. The van der Waals surface area contributed by atoms with Gasteiger partial charge >= 0.3 is 0 Å². The van der Waals surface area contributed by atoms with Crippen LogP contribution in [-0.4, -0.2) is 34.5 Å². The van der Waals surface area contributed by atoms with Crippen molar-refractivity contribution in [2.45, 2.75) is 6.92 Å². The number of hydrogen-bond donors (Lipinski definition) is 3. The van der Waals surface area contributed by atoms with Gasteiger partial charge in [0.2, 0.25) is 0 Å². The molecule has 14 heavy (non-hydrogen) atoms. The lowest BCUT2D eigenvalue weighted by molar-refractivity contribution is -0.134. The molecule has 0 aromatic heterocycles. The highest BCUT2D eigenvalue weighted by atomic mass is 16.4. The van der Waals surface area contributed by atoms with E-state index in [2.05, 4.69) is 0 Å². The van der Waals surface area contributed by atoms with E-state index < -0.39 is 5.97 Å². The fraction of sp³-hybridized carbons (Fsp3) is 0.750. The molecule has 0 radical (unpaired) electrons. The Labute approximate surface area is 79.2 Å². The van der Waals surface area contributed by atoms with Crippen molar-refractivity contribution in [3.05, 3.63) is 31.9 Å². The van der Waals surface area contributed by atoms with Crippen molar-refractivity contribution >= 4 is 5.97 Å². The van der Waals surface area contributed by atoms with Gasteiger partial charge in [0.1, 0.15) is 0 Å². The maximum absolute atomic E-state index is 9.00. The molecule has 0 bridgehead atoms. The van der Waals surface area contributed by atoms with E-state index in [1.807, 2.05) is 0 Å². The van der Waals surface area contributed by atoms with Crippen LogP contribution in [0.3, 0.4) is 0 Å². The average molecular weight is 206 g/mol. The minimum absolute atomic E-state index is 0.125. The molecule has 82 valence electrons. The maximum atomic E-state index is 9.00. The van der Waals surface area contributed by atoms with Crippen molar-refractivity contribution in [2.75, 3.05) is 13.2 Å². The molecule has 0 saturated carbocycles. The molecule has 0 fully saturated rings. The summed E-state index contributed by atoms with van der Waals surface area (Å²) in [7, 11) is 0. The first-order valence-electron chi connectivity index (χ1n) is 2.86. The molecule has 0 rings (SSSR count). The van der Waals surface area contributed by atoms with Crippen LogP contribution in [0.5, 0.6) is 0 Å². The standard InChI is InChI=1S/C2H4O2.C2H6O2.2N3/c1-2(3)4;3-1-2-4;2*1-3-2/h1H3,(H,3,4);3-4H,1-2H2;;/q;;2*-1. The Morgan fingerprint density at radius 2 is 1.14 bits per heavy atom. The minimum Gasteiger partial charge on any atom is -0.481 e. The predicted octanol–water partition coefficient (Wildman–Crippen LogP) is 0.794. The van der Waals surface area contributed by atoms with Gasteiger partial charge in [-0.15, -0.1) is 0 Å². The summed E-state index contributed by atoms with van der Waals surface area (Å²) in [6.07, 6.45) is 0. The summed E-state index contributed by atoms with van der Waals surface area (Å²) in [5.41, 5.74) is 27.0. The number of rotatable bonds is 1. The summed E-state index contributed by atoms with van der Waals surface area (Å²) in [5.74, 6) is -0.833. The van der Waals surface area contributed by atoms with Crippen LogP contribution < -0.4 is 0 Å². The molecule has 0 saturated heterocycles. The summed E-state index contributed by atoms with van der Waals surface area (Å²) in [5, 5.41) is 22.7. The summed E-state index contributed by atoms with van der Waals surface area (Å²) in [6.45, 7) is 0.833. The highest BCUT2D eigenvalue weighted by Gasteiger charge is 1.65. The van der Waals surface area contributed by atoms with Crippen molar-refractivity contribution in [1.29, 1.82) is 0 Å². The largest absolute Gasteiger partial charge is 0.481 e. The molecular weight excluding hydrogens is 196 g/mol. The lowest BCUT2D eigenvalue weighted by atomic mass is 10.8. The number of nitrogens with zero attached hydrogens (tertiary/aromatic N) is 6. The minimum atomic E-state index is -0.833. The van der Waals surface area contributed by atoms with Crippen LogP contribution in [0.2, 0.25) is 0 Å². The second-order valence-electron chi connectivity index (χ2n) is 1.15. The van der Waals surface area contributed by atoms with Gasteiger partial charge in [-0.2, -0.15) is 0 Å². The molecule has 0 aliphatic heterocycles. The predicted molar refractivity (Wildman–Crippen MR) is 47.6 cm³/mol. The van der Waals surface area contributed by atoms with E-state index in [1.54, 1.807) is 0 Å². The lowest BCUT2D eigenvalue weighted by Gasteiger charge is -1.70. The van der Waals surface area contributed by atoms with Crippen molar-refractivity contribution in [1.82, 2.24) is 0 Å². The van der Waals surface area contributed by atoms with Gasteiger partial charge in [-0.05, 0) is 0 Å². The van der Waals surface area contributed by atoms with E-state index in [4.69, 9.17) is 42.2 Å². The highest BCUT2D eigenvalue weighted by Crippen LogP contribution is 1.42. The molecule has 0 aromatic carbocycles. The molecule has 0 aromatic rings. The summed E-state index contributed by atoms with van der Waals surface area (Å²) in [4.78, 5) is 12.0. The van der Waals surface area contributed by atoms with Crippen LogP contribution in [0, 0.1) is 0 Å². The van der Waals surface area contributed by atoms with E-state index in [0.29, 0.717) is 0 Å². The maximum Gasteiger partial charge on any atom is 0.300 e. The van der Waals surface area contributed by atoms with Crippen molar-refractivity contribution in [2.24, 2.45) is 0 Å². The number of carboxylic acid groups (broad SMARTS) is 1. The SMILES string of the molecule is CC(=O)O.OCCO.[N-]=[N+]=[N-].[N-]=[N+]=[N-]. The molecule has 3 N–H and O–H groups in total. The van der Waals surface area contributed by atoms with Crippen LogP contribution in [0.15, 0.2) is 0 Å². The van der Waals surface area contributed by atoms with Gasteiger partial charge in [0.25, 0.3) is 5.97 Å². The Morgan fingerprint density at radius 3 is 1.14 bits per heavy atom. The Balaban J connectivity index is -0.0000000482. The van der Waals surface area contributed by atoms with Gasteiger partial charge in [0.15, 0.2) is 0 Å². The molecule has 0 amide bonds. The van der Waals surface area contributed by atoms with Gasteiger partial charge in [-0.1, -0.05) is 0 Å². The third-order valence-corrected chi connectivity index (χ3v) is 0.1000. The third-order valence-electron chi connectivity index (χ3n) is 0.1000. The fourth-order valence-electron chi connectivity index (χ4n) is 0. The number of aliphatic hydroxyl groups is 2. The zero-order valence-corrected chi connectivity index (χ0v) is 7.35. The van der Waals surface area contributed by atoms with Crippen LogP contribution >= 0.6 is 0 Å². The van der Waals surface area contributed by atoms with Crippen molar-refractivity contribution in [3.63, 3.8) is 0 Å². The van der Waals surface area contributed by atoms with E-state index >= 15 is 0 Å². The average Bonchev–Trinajstić information content (AvgIpc) is 2.06. The Kier molecular flexibility index (Phi) is 71.2. The number of aliphatic hydroxyl groups excluding tert-OH is 2. The molecule has 10 nitrogen and oxygen atoms in total. The van der Waals surface area contributed by atoms with Gasteiger partial charge in [-0.3, -0.25) is 14.6 Å². The summed E-state index contributed by atoms with van der Waals surface area (Å²) in [6, 6.07) is 0. The van der Waals surface area contributed by atoms with Gasteiger partial charge in [0.05, 0.1) is 13.2 Å². The van der Waals surface area contributed by atoms with Gasteiger partial charge in [-0.25, -0.2) is 0 Å². The molecule has 0 spiro atoms. The quantitative estimate of drug-likeness (QED) is 0.324. The van der Waals surface area contributed by atoms with E-state index in [9.17, 15) is 0 Å². The molecule has 0 unspecified atom stereocenters. The van der Waals surface area contributed by atoms with Crippen LogP contribution in [0.25, 0.3) is 31.9 Å². The van der Waals surface area contributed by atoms with E-state index in [1.165, 1.54) is 9.82 Å². The van der Waals surface area contributed by atoms with Gasteiger partial charge in [0, 0.05) is 6.92 Å². The number of aliphatic carboxylic acids is 1. The van der Waals surface area contributed by atoms with Crippen LogP contribution in [-0.2, 0) is 4.79 Å². The molecule has 0 aliphatic rings. The highest BCUT2D eigenvalue weighted by molar-refractivity contribution is 5.62. The van der Waals surface area contributed by atoms with E-state index in [0.717, 1.165) is 6.92 Å². The zero-order chi connectivity index (χ0) is 12.4. The Morgan fingerprint density at radius 1 is 1.07 bits per heavy atom. The topological polar surface area (TPSA) is 195 Å². The smallest absolute Gasteiger partial charge is 0.300 e. The van der Waals surface area contributed by atoms with Crippen LogP contribution in [0.1, 0.15) is 6.92 Å². The van der Waals surface area contributed by atoms with Crippen molar-refractivity contribution < 1.29 is 20.1 Å². The molecule has 0 atom stereocenters. The lowest BCUT2D eigenvalue weighted by Crippen LogP contribution is -1.85. The molecule has 0 heterocycles. The number of carboxylic acids is 1. The zero-order valence-electron chi connectivity index (χ0n) is 7.35. The monoisotopic (exact) mass is 206 g/mol. The molecular formula is C4H10N6O4-2. The fourth-order valence-corrected chi connectivity index (χ4v) is 0. The Hall–Kier alpha value is -1.99. The first-order valence-corrected chi connectivity index (χ1v) is 2.86. The van der Waals surface area contributed by atoms with Crippen molar-refractivity contribution in [3.8, 4) is 0 Å². The third kappa shape index (κ3) is 829. The summed E-state index contributed by atoms with van der Waals surface area (Å²) >= 11 is 0. The number of carbonyl (C=O) groups is 1. The second-order valence-corrected chi connectivity index (χ2v) is 1.15. The van der Waals surface area contributed by atoms with E-state index in [-0.39, 0.29) is 13.2 Å². The molecule has 0 aliphatic carbocycles.